The molecular weight excluding hydrogens is 316 g/mol. The molecule has 4 rings (SSSR count). The van der Waals surface area contributed by atoms with E-state index in [1.54, 1.807) is 0 Å². The second-order valence-corrected chi connectivity index (χ2v) is 6.39. The largest absolute Gasteiger partial charge is 0.462 e. The number of para-hydroxylation sites is 1. The summed E-state index contributed by atoms with van der Waals surface area (Å²) in [6.45, 7) is 6.82. The van der Waals surface area contributed by atoms with Gasteiger partial charge < -0.3 is 13.7 Å². The van der Waals surface area contributed by atoms with Gasteiger partial charge in [-0.3, -0.25) is 4.90 Å². The molecule has 1 atom stereocenters. The van der Waals surface area contributed by atoms with Gasteiger partial charge in [0.1, 0.15) is 16.9 Å². The maximum absolute atomic E-state index is 12.5. The minimum absolute atomic E-state index is 0.270. The summed E-state index contributed by atoms with van der Waals surface area (Å²) in [6, 6.07) is 12.2. The van der Waals surface area contributed by atoms with Crippen LogP contribution in [0.5, 0.6) is 0 Å². The van der Waals surface area contributed by atoms with E-state index in [0.717, 1.165) is 24.1 Å². The quantitative estimate of drug-likeness (QED) is 0.675. The normalized spacial score (nSPS) is 17.6. The second kappa shape index (κ2) is 6.41. The Morgan fingerprint density at radius 3 is 2.92 bits per heavy atom. The molecule has 0 aliphatic carbocycles. The lowest BCUT2D eigenvalue weighted by Gasteiger charge is -2.34. The fraction of sp³-hybridized carbons (Fsp3) is 0.350. The highest BCUT2D eigenvalue weighted by atomic mass is 16.5. The number of fused-ring (bicyclic) bond motifs is 2. The Hall–Kier alpha value is -2.53. The lowest BCUT2D eigenvalue weighted by atomic mass is 10.1. The van der Waals surface area contributed by atoms with Gasteiger partial charge in [-0.25, -0.2) is 4.79 Å². The molecule has 0 bridgehead atoms. The van der Waals surface area contributed by atoms with Gasteiger partial charge in [0, 0.05) is 36.4 Å². The van der Waals surface area contributed by atoms with E-state index in [9.17, 15) is 4.79 Å². The van der Waals surface area contributed by atoms with Gasteiger partial charge in [0.2, 0.25) is 0 Å². The maximum Gasteiger partial charge on any atom is 0.342 e. The topological polar surface area (TPSA) is 47.6 Å². The van der Waals surface area contributed by atoms with Crippen LogP contribution in [0.15, 0.2) is 47.0 Å². The number of aromatic nitrogens is 1. The standard InChI is InChI=1S/C20H22N2O3/c1-3-24-20(23)19-15-7-4-5-9-17(15)25-18(19)13-22-12-11-21-10-6-8-16(21)14(22)2/h4-10,14H,3,11-13H2,1-2H3. The molecule has 130 valence electrons. The predicted molar refractivity (Wildman–Crippen MR) is 95.4 cm³/mol. The summed E-state index contributed by atoms with van der Waals surface area (Å²) in [6.07, 6.45) is 2.12. The first-order chi connectivity index (χ1) is 12.2. The molecule has 25 heavy (non-hydrogen) atoms. The average molecular weight is 338 g/mol. The fourth-order valence-corrected chi connectivity index (χ4v) is 3.66. The summed E-state index contributed by atoms with van der Waals surface area (Å²) in [7, 11) is 0. The van der Waals surface area contributed by atoms with E-state index < -0.39 is 0 Å². The number of esters is 1. The molecule has 5 nitrogen and oxygen atoms in total. The summed E-state index contributed by atoms with van der Waals surface area (Å²) >= 11 is 0. The Morgan fingerprint density at radius 1 is 1.24 bits per heavy atom. The average Bonchev–Trinajstić information content (AvgIpc) is 3.22. The van der Waals surface area contributed by atoms with E-state index in [-0.39, 0.29) is 12.0 Å². The van der Waals surface area contributed by atoms with Crippen molar-refractivity contribution in [2.45, 2.75) is 33.0 Å². The van der Waals surface area contributed by atoms with Crippen molar-refractivity contribution in [2.24, 2.45) is 0 Å². The minimum atomic E-state index is -0.310. The predicted octanol–water partition coefficient (Wildman–Crippen LogP) is 3.99. The van der Waals surface area contributed by atoms with E-state index in [0.29, 0.717) is 24.5 Å². The molecule has 1 aliphatic heterocycles. The van der Waals surface area contributed by atoms with Crippen LogP contribution in [0.3, 0.4) is 0 Å². The lowest BCUT2D eigenvalue weighted by molar-refractivity contribution is 0.0522. The van der Waals surface area contributed by atoms with Gasteiger partial charge in [-0.15, -0.1) is 0 Å². The first-order valence-electron chi connectivity index (χ1n) is 8.75. The van der Waals surface area contributed by atoms with Crippen molar-refractivity contribution in [3.8, 4) is 0 Å². The molecular formula is C20H22N2O3. The Kier molecular flexibility index (Phi) is 4.09. The van der Waals surface area contributed by atoms with Crippen molar-refractivity contribution in [1.82, 2.24) is 9.47 Å². The number of ether oxygens (including phenoxy) is 1. The van der Waals surface area contributed by atoms with Crippen LogP contribution >= 0.6 is 0 Å². The van der Waals surface area contributed by atoms with E-state index in [2.05, 4.69) is 34.7 Å². The van der Waals surface area contributed by atoms with Gasteiger partial charge in [0.25, 0.3) is 0 Å². The first-order valence-corrected chi connectivity index (χ1v) is 8.75. The number of benzene rings is 1. The second-order valence-electron chi connectivity index (χ2n) is 6.39. The van der Waals surface area contributed by atoms with Crippen LogP contribution in [-0.2, 0) is 17.8 Å². The van der Waals surface area contributed by atoms with Crippen molar-refractivity contribution < 1.29 is 13.9 Å². The summed E-state index contributed by atoms with van der Waals surface area (Å²) < 4.78 is 13.6. The van der Waals surface area contributed by atoms with E-state index in [1.807, 2.05) is 31.2 Å². The third kappa shape index (κ3) is 2.74. The molecule has 5 heteroatoms. The molecule has 0 N–H and O–H groups in total. The number of hydrogen-bond acceptors (Lipinski definition) is 4. The van der Waals surface area contributed by atoms with Gasteiger partial charge in [-0.05, 0) is 32.0 Å². The zero-order valence-electron chi connectivity index (χ0n) is 14.6. The Bertz CT molecular complexity index is 909. The monoisotopic (exact) mass is 338 g/mol. The molecule has 1 aliphatic rings. The Balaban J connectivity index is 1.70. The van der Waals surface area contributed by atoms with Crippen LogP contribution in [0.2, 0.25) is 0 Å². The number of carbonyl (C=O) groups excluding carboxylic acids is 1. The number of hydrogen-bond donors (Lipinski definition) is 0. The smallest absolute Gasteiger partial charge is 0.342 e. The van der Waals surface area contributed by atoms with Gasteiger partial charge in [-0.1, -0.05) is 18.2 Å². The van der Waals surface area contributed by atoms with Crippen LogP contribution in [-0.4, -0.2) is 28.6 Å². The van der Waals surface area contributed by atoms with E-state index >= 15 is 0 Å². The molecule has 3 aromatic rings. The molecule has 2 aromatic heterocycles. The van der Waals surface area contributed by atoms with Crippen LogP contribution in [0.25, 0.3) is 11.0 Å². The molecule has 1 aromatic carbocycles. The summed E-state index contributed by atoms with van der Waals surface area (Å²) in [4.78, 5) is 14.9. The van der Waals surface area contributed by atoms with E-state index in [1.165, 1.54) is 5.69 Å². The summed E-state index contributed by atoms with van der Waals surface area (Å²) in [5.41, 5.74) is 2.58. The van der Waals surface area contributed by atoms with Gasteiger partial charge >= 0.3 is 5.97 Å². The third-order valence-electron chi connectivity index (χ3n) is 4.96. The number of nitrogens with zero attached hydrogens (tertiary/aromatic N) is 2. The summed E-state index contributed by atoms with van der Waals surface area (Å²) in [5.74, 6) is 0.377. The SMILES string of the molecule is CCOC(=O)c1c(CN2CCn3cccc3C2C)oc2ccccc12. The molecule has 1 unspecified atom stereocenters. The Morgan fingerprint density at radius 2 is 2.08 bits per heavy atom. The van der Waals surface area contributed by atoms with Crippen molar-refractivity contribution in [1.29, 1.82) is 0 Å². The molecule has 0 amide bonds. The molecule has 0 spiro atoms. The molecule has 0 saturated heterocycles. The fourth-order valence-electron chi connectivity index (χ4n) is 3.66. The van der Waals surface area contributed by atoms with Crippen LogP contribution in [0, 0.1) is 0 Å². The van der Waals surface area contributed by atoms with Crippen LogP contribution < -0.4 is 0 Å². The molecule has 0 fully saturated rings. The van der Waals surface area contributed by atoms with Crippen LogP contribution in [0.1, 0.15) is 41.7 Å². The van der Waals surface area contributed by atoms with Gasteiger partial charge in [0.05, 0.1) is 13.2 Å². The number of furan rings is 1. The first kappa shape index (κ1) is 16.0. The zero-order chi connectivity index (χ0) is 17.4. The van der Waals surface area contributed by atoms with Crippen molar-refractivity contribution >= 4 is 16.9 Å². The van der Waals surface area contributed by atoms with Crippen LogP contribution in [0.4, 0.5) is 0 Å². The molecule has 0 saturated carbocycles. The highest BCUT2D eigenvalue weighted by molar-refractivity contribution is 6.04. The lowest BCUT2D eigenvalue weighted by Crippen LogP contribution is -2.36. The molecule has 3 heterocycles. The summed E-state index contributed by atoms with van der Waals surface area (Å²) in [5, 5.41) is 0.823. The highest BCUT2D eigenvalue weighted by Crippen LogP contribution is 2.32. The minimum Gasteiger partial charge on any atom is -0.462 e. The van der Waals surface area contributed by atoms with E-state index in [4.69, 9.17) is 9.15 Å². The van der Waals surface area contributed by atoms with Gasteiger partial charge in [-0.2, -0.15) is 0 Å². The zero-order valence-corrected chi connectivity index (χ0v) is 14.6. The third-order valence-corrected chi connectivity index (χ3v) is 4.96. The number of rotatable bonds is 4. The molecule has 0 radical (unpaired) electrons. The number of carbonyl (C=O) groups is 1. The van der Waals surface area contributed by atoms with Gasteiger partial charge in [0.15, 0.2) is 0 Å². The highest BCUT2D eigenvalue weighted by Gasteiger charge is 2.28. The maximum atomic E-state index is 12.5. The van der Waals surface area contributed by atoms with Crippen molar-refractivity contribution in [3.05, 3.63) is 59.6 Å². The van der Waals surface area contributed by atoms with Crippen molar-refractivity contribution in [3.63, 3.8) is 0 Å². The van der Waals surface area contributed by atoms with Crippen molar-refractivity contribution in [2.75, 3.05) is 13.2 Å². The Labute approximate surface area is 146 Å².